The minimum absolute atomic E-state index is 0.00866. The summed E-state index contributed by atoms with van der Waals surface area (Å²) in [7, 11) is 0. The smallest absolute Gasteiger partial charge is 0.271 e. The zero-order valence-corrected chi connectivity index (χ0v) is 11.8. The molecule has 3 N–H and O–H groups in total. The molecule has 1 unspecified atom stereocenters. The summed E-state index contributed by atoms with van der Waals surface area (Å²) in [6.45, 7) is 1.74. The summed E-state index contributed by atoms with van der Waals surface area (Å²) in [5, 5.41) is 33.4. The van der Waals surface area contributed by atoms with Gasteiger partial charge in [0.25, 0.3) is 5.69 Å². The van der Waals surface area contributed by atoms with E-state index in [1.54, 1.807) is 6.92 Å². The predicted octanol–water partition coefficient (Wildman–Crippen LogP) is 3.83. The molecule has 0 saturated carbocycles. The van der Waals surface area contributed by atoms with E-state index in [1.165, 1.54) is 36.4 Å². The van der Waals surface area contributed by atoms with Gasteiger partial charge in [-0.1, -0.05) is 11.6 Å². The van der Waals surface area contributed by atoms with Gasteiger partial charge >= 0.3 is 0 Å². The van der Waals surface area contributed by atoms with E-state index in [0.29, 0.717) is 16.3 Å². The van der Waals surface area contributed by atoms with Crippen LogP contribution < -0.4 is 5.32 Å². The van der Waals surface area contributed by atoms with Gasteiger partial charge in [0, 0.05) is 17.7 Å². The monoisotopic (exact) mass is 308 g/mol. The van der Waals surface area contributed by atoms with Crippen LogP contribution >= 0.6 is 11.6 Å². The van der Waals surface area contributed by atoms with Crippen molar-refractivity contribution in [2.75, 3.05) is 5.32 Å². The predicted molar refractivity (Wildman–Crippen MR) is 79.9 cm³/mol. The van der Waals surface area contributed by atoms with Crippen LogP contribution in [0.5, 0.6) is 11.5 Å². The fourth-order valence-electron chi connectivity index (χ4n) is 1.94. The molecule has 110 valence electrons. The molecule has 0 amide bonds. The van der Waals surface area contributed by atoms with Crippen LogP contribution in [0.25, 0.3) is 0 Å². The highest BCUT2D eigenvalue weighted by Gasteiger charge is 2.15. The molecule has 2 rings (SSSR count). The zero-order valence-electron chi connectivity index (χ0n) is 11.1. The van der Waals surface area contributed by atoms with Crippen LogP contribution in [0.15, 0.2) is 36.4 Å². The topological polar surface area (TPSA) is 95.6 Å². The number of hydrogen-bond acceptors (Lipinski definition) is 5. The van der Waals surface area contributed by atoms with E-state index in [9.17, 15) is 20.3 Å². The Balaban J connectivity index is 2.31. The second-order valence-corrected chi connectivity index (χ2v) is 4.94. The molecule has 0 bridgehead atoms. The molecule has 0 aliphatic carbocycles. The first-order valence-corrected chi connectivity index (χ1v) is 6.48. The molecule has 0 aliphatic rings. The fourth-order valence-corrected chi connectivity index (χ4v) is 2.11. The van der Waals surface area contributed by atoms with Crippen LogP contribution in [-0.4, -0.2) is 15.1 Å². The van der Waals surface area contributed by atoms with Crippen molar-refractivity contribution in [3.8, 4) is 11.5 Å². The third kappa shape index (κ3) is 3.35. The van der Waals surface area contributed by atoms with Crippen molar-refractivity contribution in [2.45, 2.75) is 13.0 Å². The SMILES string of the molecule is CC(Nc1cc([N+](=O)[O-])ccc1Cl)c1cc(O)ccc1O. The lowest BCUT2D eigenvalue weighted by atomic mass is 10.1. The Bertz CT molecular complexity index is 691. The molecule has 6 nitrogen and oxygen atoms in total. The highest BCUT2D eigenvalue weighted by molar-refractivity contribution is 6.33. The van der Waals surface area contributed by atoms with Crippen molar-refractivity contribution < 1.29 is 15.1 Å². The quantitative estimate of drug-likeness (QED) is 0.453. The zero-order chi connectivity index (χ0) is 15.6. The molecule has 0 radical (unpaired) electrons. The summed E-state index contributed by atoms with van der Waals surface area (Å²) >= 11 is 6.01. The molecule has 2 aromatic rings. The van der Waals surface area contributed by atoms with Crippen molar-refractivity contribution in [3.63, 3.8) is 0 Å². The molecular weight excluding hydrogens is 296 g/mol. The highest BCUT2D eigenvalue weighted by Crippen LogP contribution is 2.33. The van der Waals surface area contributed by atoms with E-state index in [1.807, 2.05) is 0 Å². The number of nitrogens with zero attached hydrogens (tertiary/aromatic N) is 1. The van der Waals surface area contributed by atoms with Crippen LogP contribution in [0, 0.1) is 10.1 Å². The van der Waals surface area contributed by atoms with Gasteiger partial charge in [-0.25, -0.2) is 0 Å². The molecular formula is C14H13ClN2O4. The minimum atomic E-state index is -0.516. The maximum absolute atomic E-state index is 10.8. The first-order valence-electron chi connectivity index (χ1n) is 6.11. The normalized spacial score (nSPS) is 11.9. The Hall–Kier alpha value is -2.47. The molecule has 0 aromatic heterocycles. The van der Waals surface area contributed by atoms with Crippen LogP contribution in [0.4, 0.5) is 11.4 Å². The molecule has 0 fully saturated rings. The molecule has 0 saturated heterocycles. The molecule has 21 heavy (non-hydrogen) atoms. The van der Waals surface area contributed by atoms with Crippen molar-refractivity contribution in [2.24, 2.45) is 0 Å². The Kier molecular flexibility index (Phi) is 4.18. The lowest BCUT2D eigenvalue weighted by Crippen LogP contribution is -2.07. The Morgan fingerprint density at radius 1 is 1.24 bits per heavy atom. The van der Waals surface area contributed by atoms with Crippen LogP contribution in [0.3, 0.4) is 0 Å². The first kappa shape index (κ1) is 14.9. The van der Waals surface area contributed by atoms with Crippen LogP contribution in [-0.2, 0) is 0 Å². The molecule has 0 heterocycles. The molecule has 7 heteroatoms. The molecule has 0 aliphatic heterocycles. The van der Waals surface area contributed by atoms with E-state index in [4.69, 9.17) is 11.6 Å². The summed E-state index contributed by atoms with van der Waals surface area (Å²) in [4.78, 5) is 10.3. The van der Waals surface area contributed by atoms with Crippen LogP contribution in [0.2, 0.25) is 5.02 Å². The third-order valence-corrected chi connectivity index (χ3v) is 3.34. The Labute approximate surface area is 125 Å². The van der Waals surface area contributed by atoms with Gasteiger partial charge in [-0.05, 0) is 31.2 Å². The number of anilines is 1. The number of phenols is 2. The van der Waals surface area contributed by atoms with E-state index in [-0.39, 0.29) is 17.2 Å². The van der Waals surface area contributed by atoms with E-state index in [0.717, 1.165) is 0 Å². The van der Waals surface area contributed by atoms with E-state index >= 15 is 0 Å². The second-order valence-electron chi connectivity index (χ2n) is 4.53. The third-order valence-electron chi connectivity index (χ3n) is 3.01. The lowest BCUT2D eigenvalue weighted by Gasteiger charge is -2.18. The van der Waals surface area contributed by atoms with Crippen molar-refractivity contribution >= 4 is 23.0 Å². The van der Waals surface area contributed by atoms with E-state index in [2.05, 4.69) is 5.32 Å². The van der Waals surface area contributed by atoms with Crippen LogP contribution in [0.1, 0.15) is 18.5 Å². The van der Waals surface area contributed by atoms with Gasteiger partial charge < -0.3 is 15.5 Å². The lowest BCUT2D eigenvalue weighted by molar-refractivity contribution is -0.384. The maximum atomic E-state index is 10.8. The fraction of sp³-hybridized carbons (Fsp3) is 0.143. The van der Waals surface area contributed by atoms with Crippen molar-refractivity contribution in [1.29, 1.82) is 0 Å². The van der Waals surface area contributed by atoms with Gasteiger partial charge in [0.1, 0.15) is 11.5 Å². The summed E-state index contributed by atoms with van der Waals surface area (Å²) < 4.78 is 0. The van der Waals surface area contributed by atoms with Gasteiger partial charge in [0.05, 0.1) is 21.7 Å². The van der Waals surface area contributed by atoms with Crippen molar-refractivity contribution in [1.82, 2.24) is 0 Å². The number of non-ortho nitro benzene ring substituents is 1. The second kappa shape index (κ2) is 5.88. The summed E-state index contributed by atoms with van der Waals surface area (Å²) in [5.41, 5.74) is 0.743. The number of aromatic hydroxyl groups is 2. The Morgan fingerprint density at radius 2 is 1.95 bits per heavy atom. The summed E-state index contributed by atoms with van der Waals surface area (Å²) in [6, 6.07) is 7.80. The molecule has 0 spiro atoms. The summed E-state index contributed by atoms with van der Waals surface area (Å²) in [5.74, 6) is 0.0240. The standard InChI is InChI=1S/C14H13ClN2O4/c1-8(11-7-10(18)3-5-14(11)19)16-13-6-9(17(20)21)2-4-12(13)15/h2-8,16,18-19H,1H3. The average Bonchev–Trinajstić information content (AvgIpc) is 2.43. The highest BCUT2D eigenvalue weighted by atomic mass is 35.5. The number of rotatable bonds is 4. The largest absolute Gasteiger partial charge is 0.508 e. The minimum Gasteiger partial charge on any atom is -0.508 e. The number of phenolic OH excluding ortho intramolecular Hbond substituents is 2. The average molecular weight is 309 g/mol. The van der Waals surface area contributed by atoms with Gasteiger partial charge in [0.2, 0.25) is 0 Å². The number of benzene rings is 2. The van der Waals surface area contributed by atoms with Gasteiger partial charge in [-0.15, -0.1) is 0 Å². The number of nitro benzene ring substituents is 1. The number of nitro groups is 1. The molecule has 2 aromatic carbocycles. The number of nitrogens with one attached hydrogen (secondary N) is 1. The van der Waals surface area contributed by atoms with Crippen molar-refractivity contribution in [3.05, 3.63) is 57.1 Å². The Morgan fingerprint density at radius 3 is 2.62 bits per heavy atom. The van der Waals surface area contributed by atoms with E-state index < -0.39 is 11.0 Å². The first-order chi connectivity index (χ1) is 9.88. The number of hydrogen-bond donors (Lipinski definition) is 3. The molecule has 1 atom stereocenters. The van der Waals surface area contributed by atoms with Gasteiger partial charge in [0.15, 0.2) is 0 Å². The van der Waals surface area contributed by atoms with Gasteiger partial charge in [-0.2, -0.15) is 0 Å². The van der Waals surface area contributed by atoms with Gasteiger partial charge in [-0.3, -0.25) is 10.1 Å². The summed E-state index contributed by atoms with van der Waals surface area (Å²) in [6.07, 6.45) is 0. The number of halogens is 1. The maximum Gasteiger partial charge on any atom is 0.271 e.